The highest BCUT2D eigenvalue weighted by Crippen LogP contribution is 2.51. The van der Waals surface area contributed by atoms with Gasteiger partial charge in [0.15, 0.2) is 0 Å². The minimum atomic E-state index is 0.904. The van der Waals surface area contributed by atoms with Crippen LogP contribution in [-0.2, 0) is 14.1 Å². The molecular formula is C34H27N5S. The van der Waals surface area contributed by atoms with E-state index < -0.39 is 0 Å². The molecule has 0 unspecified atom stereocenters. The summed E-state index contributed by atoms with van der Waals surface area (Å²) in [5, 5.41) is 4.65. The van der Waals surface area contributed by atoms with Crippen molar-refractivity contribution in [2.45, 2.75) is 0 Å². The van der Waals surface area contributed by atoms with Gasteiger partial charge >= 0.3 is 0 Å². The Morgan fingerprint density at radius 2 is 1.48 bits per heavy atom. The van der Waals surface area contributed by atoms with Gasteiger partial charge in [0.25, 0.3) is 0 Å². The van der Waals surface area contributed by atoms with Crippen molar-refractivity contribution in [1.29, 1.82) is 0 Å². The highest BCUT2D eigenvalue weighted by atomic mass is 32.1. The zero-order valence-corrected chi connectivity index (χ0v) is 23.4. The first-order valence-corrected chi connectivity index (χ1v) is 14.3. The lowest BCUT2D eigenvalue weighted by Gasteiger charge is -2.38. The van der Waals surface area contributed by atoms with Crippen LogP contribution >= 0.6 is 11.3 Å². The molecule has 0 saturated carbocycles. The maximum atomic E-state index is 5.28. The molecule has 4 aromatic heterocycles. The number of hydrogen-bond donors (Lipinski definition) is 0. The molecule has 5 heterocycles. The van der Waals surface area contributed by atoms with Gasteiger partial charge in [-0.05, 0) is 65.5 Å². The van der Waals surface area contributed by atoms with E-state index in [-0.39, 0.29) is 0 Å². The van der Waals surface area contributed by atoms with Crippen molar-refractivity contribution in [3.8, 4) is 22.4 Å². The van der Waals surface area contributed by atoms with Crippen LogP contribution in [0, 0.1) is 0 Å². The third-order valence-electron chi connectivity index (χ3n) is 8.09. The topological polar surface area (TPSA) is 29.2 Å². The molecule has 0 aliphatic carbocycles. The van der Waals surface area contributed by atoms with Crippen molar-refractivity contribution in [2.24, 2.45) is 14.1 Å². The Kier molecular flexibility index (Phi) is 4.97. The molecule has 0 amide bonds. The largest absolute Gasteiger partial charge is 0.341 e. The third kappa shape index (κ3) is 3.29. The highest BCUT2D eigenvalue weighted by Gasteiger charge is 2.29. The van der Waals surface area contributed by atoms with Gasteiger partial charge in [0.2, 0.25) is 0 Å². The van der Waals surface area contributed by atoms with Crippen molar-refractivity contribution in [3.63, 3.8) is 0 Å². The number of anilines is 5. The van der Waals surface area contributed by atoms with Gasteiger partial charge in [-0.25, -0.2) is 4.98 Å². The van der Waals surface area contributed by atoms with Crippen molar-refractivity contribution >= 4 is 61.0 Å². The second kappa shape index (κ2) is 8.60. The molecule has 1 aliphatic rings. The van der Waals surface area contributed by atoms with Gasteiger partial charge in [-0.15, -0.1) is 11.3 Å². The van der Waals surface area contributed by atoms with E-state index in [2.05, 4.69) is 149 Å². The molecule has 0 atom stereocenters. The molecule has 194 valence electrons. The predicted molar refractivity (Wildman–Crippen MR) is 169 cm³/mol. The van der Waals surface area contributed by atoms with E-state index in [1.807, 2.05) is 0 Å². The van der Waals surface area contributed by atoms with Gasteiger partial charge in [-0.3, -0.25) is 4.90 Å². The summed E-state index contributed by atoms with van der Waals surface area (Å²) in [4.78, 5) is 9.88. The lowest BCUT2D eigenvalue weighted by Crippen LogP contribution is -2.24. The summed E-state index contributed by atoms with van der Waals surface area (Å²) in [6.45, 7) is 0. The van der Waals surface area contributed by atoms with Crippen LogP contribution in [0.1, 0.15) is 0 Å². The minimum Gasteiger partial charge on any atom is -0.341 e. The Morgan fingerprint density at radius 1 is 0.650 bits per heavy atom. The van der Waals surface area contributed by atoms with E-state index >= 15 is 0 Å². The Balaban J connectivity index is 1.34. The van der Waals surface area contributed by atoms with Crippen molar-refractivity contribution in [2.75, 3.05) is 16.8 Å². The summed E-state index contributed by atoms with van der Waals surface area (Å²) < 4.78 is 5.66. The molecule has 40 heavy (non-hydrogen) atoms. The second-order valence-electron chi connectivity index (χ2n) is 10.4. The fourth-order valence-corrected chi connectivity index (χ4v) is 7.05. The second-order valence-corrected chi connectivity index (χ2v) is 11.4. The van der Waals surface area contributed by atoms with Gasteiger partial charge in [0.1, 0.15) is 11.5 Å². The zero-order chi connectivity index (χ0) is 27.0. The molecule has 0 fully saturated rings. The van der Waals surface area contributed by atoms with E-state index in [4.69, 9.17) is 4.98 Å². The summed E-state index contributed by atoms with van der Waals surface area (Å²) in [6, 6.07) is 32.6. The third-order valence-corrected chi connectivity index (χ3v) is 8.98. The van der Waals surface area contributed by atoms with Crippen LogP contribution in [0.3, 0.4) is 0 Å². The molecule has 0 radical (unpaired) electrons. The van der Waals surface area contributed by atoms with Crippen LogP contribution in [0.4, 0.5) is 28.6 Å². The maximum Gasteiger partial charge on any atom is 0.138 e. The van der Waals surface area contributed by atoms with Gasteiger partial charge < -0.3 is 14.0 Å². The number of thiophene rings is 1. The quantitative estimate of drug-likeness (QED) is 0.225. The number of rotatable bonds is 3. The number of benzene rings is 3. The lowest BCUT2D eigenvalue weighted by atomic mass is 10.0. The standard InChI is InChI=1S/C34H27N5S/c1-36-18-16-25-26(21-37(2)34(25)36)22-14-15-29-31(20-22)39(30-11-5-4-10-28(30)38(29)3)33-13-7-9-27(35-33)23-8-6-12-32-24(23)17-19-40-32/h4-21H,1-3H3. The molecule has 0 bridgehead atoms. The lowest BCUT2D eigenvalue weighted by molar-refractivity contribution is 0.866. The summed E-state index contributed by atoms with van der Waals surface area (Å²) in [5.41, 5.74) is 10.3. The van der Waals surface area contributed by atoms with Gasteiger partial charge in [-0.2, -0.15) is 0 Å². The van der Waals surface area contributed by atoms with Crippen molar-refractivity contribution in [1.82, 2.24) is 14.1 Å². The molecule has 0 spiro atoms. The summed E-state index contributed by atoms with van der Waals surface area (Å²) >= 11 is 1.77. The Labute approximate surface area is 236 Å². The zero-order valence-electron chi connectivity index (χ0n) is 22.5. The molecule has 0 N–H and O–H groups in total. The van der Waals surface area contributed by atoms with Crippen LogP contribution in [-0.4, -0.2) is 21.2 Å². The number of hydrogen-bond acceptors (Lipinski definition) is 4. The average Bonchev–Trinajstić information content (AvgIpc) is 3.70. The molecule has 7 aromatic rings. The van der Waals surface area contributed by atoms with Crippen LogP contribution in [0.5, 0.6) is 0 Å². The van der Waals surface area contributed by atoms with Gasteiger partial charge in [0.05, 0.1) is 28.4 Å². The molecule has 0 saturated heterocycles. The van der Waals surface area contributed by atoms with Gasteiger partial charge in [-0.1, -0.05) is 36.4 Å². The number of pyridine rings is 1. The smallest absolute Gasteiger partial charge is 0.138 e. The fraction of sp³-hybridized carbons (Fsp3) is 0.0882. The molecule has 3 aromatic carbocycles. The highest BCUT2D eigenvalue weighted by molar-refractivity contribution is 7.17. The van der Waals surface area contributed by atoms with E-state index in [1.165, 1.54) is 32.2 Å². The van der Waals surface area contributed by atoms with Crippen LogP contribution < -0.4 is 9.80 Å². The number of fused-ring (bicyclic) bond motifs is 4. The number of para-hydroxylation sites is 2. The first-order valence-electron chi connectivity index (χ1n) is 13.4. The van der Waals surface area contributed by atoms with Gasteiger partial charge in [0, 0.05) is 60.1 Å². The summed E-state index contributed by atoms with van der Waals surface area (Å²) in [7, 11) is 6.36. The number of aromatic nitrogens is 3. The normalized spacial score (nSPS) is 12.8. The Morgan fingerprint density at radius 3 is 2.38 bits per heavy atom. The van der Waals surface area contributed by atoms with Crippen LogP contribution in [0.15, 0.2) is 109 Å². The maximum absolute atomic E-state index is 5.28. The predicted octanol–water partition coefficient (Wildman–Crippen LogP) is 9.01. The van der Waals surface area contributed by atoms with E-state index in [9.17, 15) is 0 Å². The van der Waals surface area contributed by atoms with Crippen LogP contribution in [0.25, 0.3) is 43.5 Å². The molecule has 8 rings (SSSR count). The molecule has 6 heteroatoms. The average molecular weight is 538 g/mol. The van der Waals surface area contributed by atoms with E-state index in [0.29, 0.717) is 0 Å². The monoisotopic (exact) mass is 537 g/mol. The number of nitrogens with zero attached hydrogens (tertiary/aromatic N) is 5. The summed E-state index contributed by atoms with van der Waals surface area (Å²) in [6.07, 6.45) is 4.37. The Bertz CT molecular complexity index is 2080. The SMILES string of the molecule is CN1c2ccccc2N(c2cccc(-c3cccc4sccc34)n2)c2cc(-c3cn(C)c4c3ccn4C)ccc21. The first kappa shape index (κ1) is 23.1. The molecule has 1 aliphatic heterocycles. The number of aryl methyl sites for hydroxylation is 2. The molecule has 5 nitrogen and oxygen atoms in total. The first-order chi connectivity index (χ1) is 19.6. The Hall–Kier alpha value is -4.81. The van der Waals surface area contributed by atoms with E-state index in [0.717, 1.165) is 39.8 Å². The molecular weight excluding hydrogens is 510 g/mol. The summed E-state index contributed by atoms with van der Waals surface area (Å²) in [5.74, 6) is 0.904. The van der Waals surface area contributed by atoms with Crippen LogP contribution in [0.2, 0.25) is 0 Å². The van der Waals surface area contributed by atoms with Crippen molar-refractivity contribution < 1.29 is 0 Å². The minimum absolute atomic E-state index is 0.904. The van der Waals surface area contributed by atoms with E-state index in [1.54, 1.807) is 11.3 Å². The fourth-order valence-electron chi connectivity index (χ4n) is 6.24. The van der Waals surface area contributed by atoms with Crippen molar-refractivity contribution in [3.05, 3.63) is 109 Å².